The zero-order valence-electron chi connectivity index (χ0n) is 16.3. The highest BCUT2D eigenvalue weighted by Gasteiger charge is 2.32. The average molecular weight is 398 g/mol. The Hall–Kier alpha value is -3.42. The first-order valence-corrected chi connectivity index (χ1v) is 9.32. The number of carbonyl (C=O) groups excluding carboxylic acids is 2. The van der Waals surface area contributed by atoms with Gasteiger partial charge in [-0.1, -0.05) is 0 Å². The van der Waals surface area contributed by atoms with Crippen LogP contribution in [0.1, 0.15) is 16.8 Å². The fourth-order valence-electron chi connectivity index (χ4n) is 3.50. The number of ether oxygens (including phenoxy) is 4. The van der Waals surface area contributed by atoms with E-state index in [0.29, 0.717) is 48.3 Å². The molecule has 2 aromatic rings. The van der Waals surface area contributed by atoms with Gasteiger partial charge in [0.15, 0.2) is 23.0 Å². The maximum absolute atomic E-state index is 12.6. The lowest BCUT2D eigenvalue weighted by Crippen LogP contribution is -2.37. The van der Waals surface area contributed by atoms with Crippen LogP contribution >= 0.6 is 0 Å². The summed E-state index contributed by atoms with van der Waals surface area (Å²) in [5, 5.41) is 2.92. The standard InChI is InChI=1S/C21H22N2O6/c1-26-16-5-3-13(9-18(16)27-2)21(25)22-14-10-20(24)23(12-14)15-4-6-17-19(11-15)29-8-7-28-17/h3-6,9,11,14H,7-8,10,12H2,1-2H3,(H,22,25). The summed E-state index contributed by atoms with van der Waals surface area (Å²) in [6.45, 7) is 1.38. The van der Waals surface area contributed by atoms with Crippen molar-refractivity contribution in [2.24, 2.45) is 0 Å². The van der Waals surface area contributed by atoms with E-state index in [1.807, 2.05) is 6.07 Å². The molecule has 8 heteroatoms. The number of hydrogen-bond acceptors (Lipinski definition) is 6. The van der Waals surface area contributed by atoms with E-state index in [-0.39, 0.29) is 24.3 Å². The van der Waals surface area contributed by atoms with Crippen molar-refractivity contribution < 1.29 is 28.5 Å². The monoisotopic (exact) mass is 398 g/mol. The second-order valence-corrected chi connectivity index (χ2v) is 6.78. The number of anilines is 1. The Balaban J connectivity index is 1.45. The molecule has 2 aromatic carbocycles. The molecule has 2 amide bonds. The van der Waals surface area contributed by atoms with Crippen LogP contribution in [0, 0.1) is 0 Å². The predicted molar refractivity (Wildman–Crippen MR) is 105 cm³/mol. The van der Waals surface area contributed by atoms with E-state index in [1.165, 1.54) is 14.2 Å². The molecule has 0 saturated carbocycles. The second kappa shape index (κ2) is 7.90. The number of benzene rings is 2. The molecule has 1 fully saturated rings. The van der Waals surface area contributed by atoms with Crippen LogP contribution in [0.5, 0.6) is 23.0 Å². The molecule has 1 saturated heterocycles. The second-order valence-electron chi connectivity index (χ2n) is 6.78. The van der Waals surface area contributed by atoms with Crippen LogP contribution in [0.2, 0.25) is 0 Å². The summed E-state index contributed by atoms with van der Waals surface area (Å²) in [7, 11) is 3.05. The Labute approximate surface area is 168 Å². The molecule has 1 atom stereocenters. The summed E-state index contributed by atoms with van der Waals surface area (Å²) in [6.07, 6.45) is 0.230. The Morgan fingerprint density at radius 1 is 1.03 bits per heavy atom. The zero-order chi connectivity index (χ0) is 20.4. The van der Waals surface area contributed by atoms with Crippen molar-refractivity contribution in [2.45, 2.75) is 12.5 Å². The highest BCUT2D eigenvalue weighted by atomic mass is 16.6. The van der Waals surface area contributed by atoms with E-state index in [9.17, 15) is 9.59 Å². The van der Waals surface area contributed by atoms with Crippen LogP contribution in [0.4, 0.5) is 5.69 Å². The minimum Gasteiger partial charge on any atom is -0.493 e. The van der Waals surface area contributed by atoms with Crippen molar-refractivity contribution in [3.8, 4) is 23.0 Å². The highest BCUT2D eigenvalue weighted by molar-refractivity contribution is 5.99. The van der Waals surface area contributed by atoms with Crippen molar-refractivity contribution in [3.05, 3.63) is 42.0 Å². The molecule has 8 nitrogen and oxygen atoms in total. The molecule has 1 N–H and O–H groups in total. The van der Waals surface area contributed by atoms with E-state index >= 15 is 0 Å². The lowest BCUT2D eigenvalue weighted by molar-refractivity contribution is -0.117. The molecule has 2 aliphatic rings. The lowest BCUT2D eigenvalue weighted by atomic mass is 10.1. The third-order valence-corrected chi connectivity index (χ3v) is 4.94. The molecule has 29 heavy (non-hydrogen) atoms. The van der Waals surface area contributed by atoms with Gasteiger partial charge in [0.1, 0.15) is 13.2 Å². The Kier molecular flexibility index (Phi) is 5.16. The molecule has 0 aromatic heterocycles. The molecule has 0 aliphatic carbocycles. The Morgan fingerprint density at radius 3 is 2.55 bits per heavy atom. The molecule has 1 unspecified atom stereocenters. The van der Waals surface area contributed by atoms with Gasteiger partial charge in [0.05, 0.1) is 20.3 Å². The predicted octanol–water partition coefficient (Wildman–Crippen LogP) is 2.01. The average Bonchev–Trinajstić information content (AvgIpc) is 3.12. The molecule has 2 heterocycles. The van der Waals surface area contributed by atoms with E-state index < -0.39 is 0 Å². The van der Waals surface area contributed by atoms with Gasteiger partial charge in [0.2, 0.25) is 5.91 Å². The van der Waals surface area contributed by atoms with Crippen LogP contribution in [0.25, 0.3) is 0 Å². The molecule has 0 radical (unpaired) electrons. The van der Waals surface area contributed by atoms with Gasteiger partial charge in [-0.3, -0.25) is 9.59 Å². The summed E-state index contributed by atoms with van der Waals surface area (Å²) in [5.41, 5.74) is 1.16. The fourth-order valence-corrected chi connectivity index (χ4v) is 3.50. The molecule has 2 aliphatic heterocycles. The number of methoxy groups -OCH3 is 2. The number of hydrogen-bond donors (Lipinski definition) is 1. The van der Waals surface area contributed by atoms with Crippen LogP contribution in [-0.4, -0.2) is 51.8 Å². The van der Waals surface area contributed by atoms with E-state index in [1.54, 1.807) is 35.2 Å². The SMILES string of the molecule is COc1ccc(C(=O)NC2CC(=O)N(c3ccc4c(c3)OCCO4)C2)cc1OC. The zero-order valence-corrected chi connectivity index (χ0v) is 16.3. The first kappa shape index (κ1) is 18.9. The summed E-state index contributed by atoms with van der Waals surface area (Å²) in [4.78, 5) is 26.8. The number of carbonyl (C=O) groups is 2. The van der Waals surface area contributed by atoms with Gasteiger partial charge >= 0.3 is 0 Å². The van der Waals surface area contributed by atoms with Gasteiger partial charge in [-0.2, -0.15) is 0 Å². The van der Waals surface area contributed by atoms with Gasteiger partial charge in [-0.25, -0.2) is 0 Å². The van der Waals surface area contributed by atoms with Gasteiger partial charge < -0.3 is 29.2 Å². The van der Waals surface area contributed by atoms with Crippen LogP contribution < -0.4 is 29.2 Å². The van der Waals surface area contributed by atoms with Gasteiger partial charge in [0, 0.05) is 30.3 Å². The summed E-state index contributed by atoms with van der Waals surface area (Å²) in [5.74, 6) is 1.99. The third-order valence-electron chi connectivity index (χ3n) is 4.94. The summed E-state index contributed by atoms with van der Waals surface area (Å²) < 4.78 is 21.6. The van der Waals surface area contributed by atoms with Gasteiger partial charge in [0.25, 0.3) is 5.91 Å². The lowest BCUT2D eigenvalue weighted by Gasteiger charge is -2.22. The van der Waals surface area contributed by atoms with Crippen molar-refractivity contribution in [1.82, 2.24) is 5.32 Å². The molecular formula is C21H22N2O6. The molecule has 152 valence electrons. The summed E-state index contributed by atoms with van der Waals surface area (Å²) in [6, 6.07) is 10.1. The maximum Gasteiger partial charge on any atom is 0.251 e. The van der Waals surface area contributed by atoms with E-state index in [4.69, 9.17) is 18.9 Å². The minimum atomic E-state index is -0.295. The van der Waals surface area contributed by atoms with Crippen molar-refractivity contribution in [2.75, 3.05) is 38.9 Å². The number of amides is 2. The molecule has 0 bridgehead atoms. The van der Waals surface area contributed by atoms with Crippen molar-refractivity contribution >= 4 is 17.5 Å². The largest absolute Gasteiger partial charge is 0.493 e. The summed E-state index contributed by atoms with van der Waals surface area (Å²) >= 11 is 0. The normalized spacial score (nSPS) is 17.8. The van der Waals surface area contributed by atoms with E-state index in [2.05, 4.69) is 5.32 Å². The van der Waals surface area contributed by atoms with Crippen LogP contribution in [0.15, 0.2) is 36.4 Å². The number of nitrogens with one attached hydrogen (secondary N) is 1. The quantitative estimate of drug-likeness (QED) is 0.829. The van der Waals surface area contributed by atoms with Crippen LogP contribution in [-0.2, 0) is 4.79 Å². The van der Waals surface area contributed by atoms with Crippen LogP contribution in [0.3, 0.4) is 0 Å². The molecular weight excluding hydrogens is 376 g/mol. The fraction of sp³-hybridized carbons (Fsp3) is 0.333. The number of rotatable bonds is 5. The van der Waals surface area contributed by atoms with Crippen molar-refractivity contribution in [1.29, 1.82) is 0 Å². The molecule has 0 spiro atoms. The maximum atomic E-state index is 12.6. The first-order valence-electron chi connectivity index (χ1n) is 9.32. The number of nitrogens with zero attached hydrogens (tertiary/aromatic N) is 1. The first-order chi connectivity index (χ1) is 14.1. The Bertz CT molecular complexity index is 945. The van der Waals surface area contributed by atoms with E-state index in [0.717, 1.165) is 5.69 Å². The van der Waals surface area contributed by atoms with Gasteiger partial charge in [-0.05, 0) is 30.3 Å². The van der Waals surface area contributed by atoms with Gasteiger partial charge in [-0.15, -0.1) is 0 Å². The Morgan fingerprint density at radius 2 is 1.79 bits per heavy atom. The van der Waals surface area contributed by atoms with Crippen molar-refractivity contribution in [3.63, 3.8) is 0 Å². The minimum absolute atomic E-state index is 0.0562. The highest BCUT2D eigenvalue weighted by Crippen LogP contribution is 2.35. The molecule has 4 rings (SSSR count). The topological polar surface area (TPSA) is 86.3 Å². The smallest absolute Gasteiger partial charge is 0.251 e. The number of fused-ring (bicyclic) bond motifs is 1. The third kappa shape index (κ3) is 3.78.